The van der Waals surface area contributed by atoms with Crippen LogP contribution in [0, 0.1) is 6.92 Å². The summed E-state index contributed by atoms with van der Waals surface area (Å²) in [6, 6.07) is 11.0. The van der Waals surface area contributed by atoms with E-state index in [4.69, 9.17) is 10.5 Å². The van der Waals surface area contributed by atoms with Gasteiger partial charge in [-0.25, -0.2) is 9.78 Å². The molecule has 0 aliphatic carbocycles. The average Bonchev–Trinajstić information content (AvgIpc) is 2.37. The number of carbonyl (C=O) groups is 1. The van der Waals surface area contributed by atoms with Crippen LogP contribution in [-0.4, -0.2) is 11.0 Å². The molecule has 0 saturated carbocycles. The number of hydrogen-bond acceptors (Lipinski definition) is 4. The number of rotatable bonds is 3. The number of esters is 1. The highest BCUT2D eigenvalue weighted by Gasteiger charge is 2.08. The second-order valence-corrected chi connectivity index (χ2v) is 4.04. The van der Waals surface area contributed by atoms with Crippen LogP contribution in [-0.2, 0) is 11.3 Å². The first-order chi connectivity index (χ1) is 8.65. The fourth-order valence-electron chi connectivity index (χ4n) is 1.55. The molecule has 0 unspecified atom stereocenters. The summed E-state index contributed by atoms with van der Waals surface area (Å²) in [5.74, 6) is -0.448. The first-order valence-corrected chi connectivity index (χ1v) is 5.59. The van der Waals surface area contributed by atoms with Crippen molar-refractivity contribution in [2.24, 2.45) is 0 Å². The fraction of sp³-hybridized carbons (Fsp3) is 0.143. The summed E-state index contributed by atoms with van der Waals surface area (Å²) >= 11 is 0. The molecule has 2 aromatic rings. The maximum atomic E-state index is 11.7. The van der Waals surface area contributed by atoms with Crippen LogP contribution < -0.4 is 5.73 Å². The van der Waals surface area contributed by atoms with Gasteiger partial charge in [0.25, 0.3) is 0 Å². The lowest BCUT2D eigenvalue weighted by molar-refractivity contribution is 0.0465. The van der Waals surface area contributed by atoms with Crippen molar-refractivity contribution in [2.75, 3.05) is 5.73 Å². The number of aromatic nitrogens is 1. The van der Waals surface area contributed by atoms with E-state index in [1.54, 1.807) is 12.1 Å². The van der Waals surface area contributed by atoms with Gasteiger partial charge in [-0.3, -0.25) is 0 Å². The molecule has 1 heterocycles. The van der Waals surface area contributed by atoms with Crippen molar-refractivity contribution in [3.05, 3.63) is 59.4 Å². The lowest BCUT2D eigenvalue weighted by Crippen LogP contribution is -2.07. The maximum Gasteiger partial charge on any atom is 0.357 e. The minimum atomic E-state index is -0.448. The van der Waals surface area contributed by atoms with Crippen molar-refractivity contribution in [3.8, 4) is 0 Å². The second kappa shape index (κ2) is 5.31. The van der Waals surface area contributed by atoms with Crippen molar-refractivity contribution < 1.29 is 9.53 Å². The average molecular weight is 242 g/mol. The van der Waals surface area contributed by atoms with Gasteiger partial charge in [0.2, 0.25) is 0 Å². The summed E-state index contributed by atoms with van der Waals surface area (Å²) in [4.78, 5) is 15.6. The van der Waals surface area contributed by atoms with Gasteiger partial charge in [0.05, 0.1) is 11.9 Å². The molecule has 2 N–H and O–H groups in total. The molecular formula is C14H14N2O2. The van der Waals surface area contributed by atoms with Gasteiger partial charge in [-0.15, -0.1) is 0 Å². The minimum Gasteiger partial charge on any atom is -0.456 e. The van der Waals surface area contributed by atoms with Crippen LogP contribution in [0.4, 0.5) is 5.69 Å². The Morgan fingerprint density at radius 3 is 2.83 bits per heavy atom. The van der Waals surface area contributed by atoms with Crippen molar-refractivity contribution in [2.45, 2.75) is 13.5 Å². The van der Waals surface area contributed by atoms with Gasteiger partial charge in [0.1, 0.15) is 12.3 Å². The van der Waals surface area contributed by atoms with E-state index in [2.05, 4.69) is 4.98 Å². The van der Waals surface area contributed by atoms with Gasteiger partial charge in [-0.1, -0.05) is 29.8 Å². The predicted octanol–water partition coefficient (Wildman–Crippen LogP) is 2.33. The van der Waals surface area contributed by atoms with Crippen LogP contribution in [0.25, 0.3) is 0 Å². The maximum absolute atomic E-state index is 11.7. The standard InChI is InChI=1S/C14H14N2O2/c1-10-3-2-4-11(7-10)9-18-14(17)13-6-5-12(15)8-16-13/h2-8H,9,15H2,1H3. The third-order valence-electron chi connectivity index (χ3n) is 2.45. The summed E-state index contributed by atoms with van der Waals surface area (Å²) in [6.45, 7) is 2.24. The molecule has 4 nitrogen and oxygen atoms in total. The Balaban J connectivity index is 1.98. The topological polar surface area (TPSA) is 65.2 Å². The van der Waals surface area contributed by atoms with Crippen LogP contribution in [0.3, 0.4) is 0 Å². The summed E-state index contributed by atoms with van der Waals surface area (Å²) in [5, 5.41) is 0. The van der Waals surface area contributed by atoms with Gasteiger partial charge in [-0.05, 0) is 24.6 Å². The molecular weight excluding hydrogens is 228 g/mol. The molecule has 0 fully saturated rings. The third-order valence-corrected chi connectivity index (χ3v) is 2.45. The first-order valence-electron chi connectivity index (χ1n) is 5.59. The Labute approximate surface area is 105 Å². The molecule has 4 heteroatoms. The molecule has 0 aliphatic rings. The van der Waals surface area contributed by atoms with E-state index in [1.807, 2.05) is 31.2 Å². The molecule has 0 aliphatic heterocycles. The molecule has 0 atom stereocenters. The summed E-state index contributed by atoms with van der Waals surface area (Å²) in [6.07, 6.45) is 1.43. The van der Waals surface area contributed by atoms with Gasteiger partial charge in [0.15, 0.2) is 0 Å². The summed E-state index contributed by atoms with van der Waals surface area (Å²) < 4.78 is 5.17. The molecule has 92 valence electrons. The predicted molar refractivity (Wildman–Crippen MR) is 68.9 cm³/mol. The third kappa shape index (κ3) is 3.07. The van der Waals surface area contributed by atoms with Crippen molar-refractivity contribution in [1.29, 1.82) is 0 Å². The Kier molecular flexibility index (Phi) is 3.57. The number of benzene rings is 1. The summed E-state index contributed by atoms with van der Waals surface area (Å²) in [7, 11) is 0. The number of nitrogens with zero attached hydrogens (tertiary/aromatic N) is 1. The molecule has 0 amide bonds. The second-order valence-electron chi connectivity index (χ2n) is 4.04. The molecule has 1 aromatic heterocycles. The zero-order valence-electron chi connectivity index (χ0n) is 10.1. The molecule has 0 radical (unpaired) electrons. The van der Waals surface area contributed by atoms with Crippen LogP contribution >= 0.6 is 0 Å². The Bertz CT molecular complexity index is 550. The minimum absolute atomic E-state index is 0.243. The van der Waals surface area contributed by atoms with E-state index in [0.29, 0.717) is 5.69 Å². The van der Waals surface area contributed by atoms with Gasteiger partial charge < -0.3 is 10.5 Å². The number of nitrogens with two attached hydrogens (primary N) is 1. The van der Waals surface area contributed by atoms with Crippen molar-refractivity contribution >= 4 is 11.7 Å². The van der Waals surface area contributed by atoms with Gasteiger partial charge in [-0.2, -0.15) is 0 Å². The number of ether oxygens (including phenoxy) is 1. The Morgan fingerprint density at radius 1 is 1.33 bits per heavy atom. The Hall–Kier alpha value is -2.36. The van der Waals surface area contributed by atoms with Crippen LogP contribution in [0.5, 0.6) is 0 Å². The number of hydrogen-bond donors (Lipinski definition) is 1. The highest BCUT2D eigenvalue weighted by Crippen LogP contribution is 2.08. The zero-order valence-corrected chi connectivity index (χ0v) is 10.1. The zero-order chi connectivity index (χ0) is 13.0. The lowest BCUT2D eigenvalue weighted by atomic mass is 10.1. The smallest absolute Gasteiger partial charge is 0.357 e. The normalized spacial score (nSPS) is 10.1. The highest BCUT2D eigenvalue weighted by atomic mass is 16.5. The van der Waals surface area contributed by atoms with E-state index >= 15 is 0 Å². The molecule has 0 saturated heterocycles. The van der Waals surface area contributed by atoms with Crippen LogP contribution in [0.2, 0.25) is 0 Å². The lowest BCUT2D eigenvalue weighted by Gasteiger charge is -2.05. The monoisotopic (exact) mass is 242 g/mol. The van der Waals surface area contributed by atoms with E-state index in [9.17, 15) is 4.79 Å². The SMILES string of the molecule is Cc1cccc(COC(=O)c2ccc(N)cn2)c1. The molecule has 0 bridgehead atoms. The highest BCUT2D eigenvalue weighted by molar-refractivity contribution is 5.87. The quantitative estimate of drug-likeness (QED) is 0.839. The largest absolute Gasteiger partial charge is 0.456 e. The summed E-state index contributed by atoms with van der Waals surface area (Å²) in [5.41, 5.74) is 8.36. The van der Waals surface area contributed by atoms with E-state index in [1.165, 1.54) is 6.20 Å². The number of nitrogen functional groups attached to an aromatic ring is 1. The molecule has 0 spiro atoms. The Morgan fingerprint density at radius 2 is 2.17 bits per heavy atom. The van der Waals surface area contributed by atoms with E-state index < -0.39 is 5.97 Å². The molecule has 18 heavy (non-hydrogen) atoms. The van der Waals surface area contributed by atoms with Crippen LogP contribution in [0.1, 0.15) is 21.6 Å². The fourth-order valence-corrected chi connectivity index (χ4v) is 1.55. The number of aryl methyl sites for hydroxylation is 1. The van der Waals surface area contributed by atoms with E-state index in [0.717, 1.165) is 11.1 Å². The number of pyridine rings is 1. The number of anilines is 1. The van der Waals surface area contributed by atoms with Crippen molar-refractivity contribution in [3.63, 3.8) is 0 Å². The van der Waals surface area contributed by atoms with Crippen molar-refractivity contribution in [1.82, 2.24) is 4.98 Å². The van der Waals surface area contributed by atoms with Crippen LogP contribution in [0.15, 0.2) is 42.6 Å². The number of carbonyl (C=O) groups excluding carboxylic acids is 1. The van der Waals surface area contributed by atoms with Gasteiger partial charge in [0, 0.05) is 0 Å². The van der Waals surface area contributed by atoms with E-state index in [-0.39, 0.29) is 12.3 Å². The first kappa shape index (κ1) is 12.1. The molecule has 1 aromatic carbocycles. The van der Waals surface area contributed by atoms with Gasteiger partial charge >= 0.3 is 5.97 Å². The molecule has 2 rings (SSSR count).